The van der Waals surface area contributed by atoms with E-state index in [9.17, 15) is 33.0 Å². The van der Waals surface area contributed by atoms with Crippen molar-refractivity contribution in [2.75, 3.05) is 13.1 Å². The molecule has 0 radical (unpaired) electrons. The topological polar surface area (TPSA) is 87.1 Å². The van der Waals surface area contributed by atoms with Crippen LogP contribution in [0, 0.1) is 5.41 Å². The monoisotopic (exact) mass is 347 g/mol. The molecule has 0 aliphatic carbocycles. The summed E-state index contributed by atoms with van der Waals surface area (Å²) in [6.07, 6.45) is -5.84. The maximum Gasteiger partial charge on any atom is 0.573 e. The van der Waals surface area contributed by atoms with Crippen LogP contribution < -0.4 is 4.74 Å². The molecular weight excluding hydrogens is 331 g/mol. The Balaban J connectivity index is 2.23. The van der Waals surface area contributed by atoms with Crippen molar-refractivity contribution in [1.29, 1.82) is 0 Å². The Morgan fingerprint density at radius 2 is 1.83 bits per heavy atom. The van der Waals surface area contributed by atoms with Crippen LogP contribution in [0.5, 0.6) is 5.75 Å². The molecule has 1 heterocycles. The molecule has 1 fully saturated rings. The summed E-state index contributed by atoms with van der Waals surface area (Å²) >= 11 is 0. The van der Waals surface area contributed by atoms with Crippen molar-refractivity contribution in [3.63, 3.8) is 0 Å². The fraction of sp³-hybridized carbons (Fsp3) is 0.467. The van der Waals surface area contributed by atoms with Gasteiger partial charge in [0.1, 0.15) is 5.75 Å². The number of likely N-dealkylation sites (tertiary alicyclic amines) is 1. The standard InChI is InChI=1S/C15H16F3NO5/c1-14(12(20)21)6-10(7-19(8-14)13(22)23)9-2-4-11(5-3-9)24-15(16,17)18/h2-5,10H,6-8H2,1H3,(H,20,21)(H,22,23). The lowest BCUT2D eigenvalue weighted by Crippen LogP contribution is -2.50. The normalized spacial score (nSPS) is 24.5. The summed E-state index contributed by atoms with van der Waals surface area (Å²) in [7, 11) is 0. The summed E-state index contributed by atoms with van der Waals surface area (Å²) in [6, 6.07) is 5.03. The first-order valence-corrected chi connectivity index (χ1v) is 7.07. The van der Waals surface area contributed by atoms with Gasteiger partial charge >= 0.3 is 18.4 Å². The number of benzene rings is 1. The van der Waals surface area contributed by atoms with Crippen LogP contribution in [-0.4, -0.2) is 46.6 Å². The van der Waals surface area contributed by atoms with E-state index < -0.39 is 35.5 Å². The van der Waals surface area contributed by atoms with E-state index in [1.807, 2.05) is 0 Å². The molecule has 0 bridgehead atoms. The summed E-state index contributed by atoms with van der Waals surface area (Å²) < 4.78 is 40.3. The van der Waals surface area contributed by atoms with E-state index in [-0.39, 0.29) is 19.5 Å². The minimum Gasteiger partial charge on any atom is -0.481 e. The van der Waals surface area contributed by atoms with Crippen molar-refractivity contribution in [2.24, 2.45) is 5.41 Å². The number of hydrogen-bond donors (Lipinski definition) is 2. The summed E-state index contributed by atoms with van der Waals surface area (Å²) in [5.74, 6) is -1.94. The van der Waals surface area contributed by atoms with Crippen molar-refractivity contribution in [1.82, 2.24) is 4.90 Å². The summed E-state index contributed by atoms with van der Waals surface area (Å²) in [4.78, 5) is 23.7. The third-order valence-corrected chi connectivity index (χ3v) is 4.05. The maximum atomic E-state index is 12.2. The molecule has 1 aromatic rings. The van der Waals surface area contributed by atoms with Crippen LogP contribution in [0.2, 0.25) is 0 Å². The third kappa shape index (κ3) is 4.09. The van der Waals surface area contributed by atoms with Crippen molar-refractivity contribution < 1.29 is 37.7 Å². The van der Waals surface area contributed by atoms with E-state index in [2.05, 4.69) is 4.74 Å². The van der Waals surface area contributed by atoms with Crippen molar-refractivity contribution >= 4 is 12.1 Å². The number of carbonyl (C=O) groups is 2. The molecule has 2 N–H and O–H groups in total. The first-order valence-electron chi connectivity index (χ1n) is 7.07. The highest BCUT2D eigenvalue weighted by Crippen LogP contribution is 2.39. The van der Waals surface area contributed by atoms with Crippen LogP contribution in [0.25, 0.3) is 0 Å². The van der Waals surface area contributed by atoms with Gasteiger partial charge in [-0.15, -0.1) is 13.2 Å². The summed E-state index contributed by atoms with van der Waals surface area (Å²) in [5, 5.41) is 18.5. The number of rotatable bonds is 3. The van der Waals surface area contributed by atoms with Gasteiger partial charge in [0.2, 0.25) is 0 Å². The lowest BCUT2D eigenvalue weighted by molar-refractivity contribution is -0.274. The number of carboxylic acids is 1. The van der Waals surface area contributed by atoms with Crippen LogP contribution in [0.15, 0.2) is 24.3 Å². The molecule has 0 aromatic heterocycles. The molecule has 6 nitrogen and oxygen atoms in total. The second-order valence-electron chi connectivity index (χ2n) is 6.05. The number of carboxylic acid groups (broad SMARTS) is 2. The molecule has 1 aromatic carbocycles. The number of aliphatic carboxylic acids is 1. The average Bonchev–Trinajstić information content (AvgIpc) is 2.45. The zero-order chi connectivity index (χ0) is 18.1. The number of piperidine rings is 1. The van der Waals surface area contributed by atoms with Gasteiger partial charge in [-0.05, 0) is 31.0 Å². The summed E-state index contributed by atoms with van der Waals surface area (Å²) in [5.41, 5.74) is -0.703. The highest BCUT2D eigenvalue weighted by atomic mass is 19.4. The molecule has 24 heavy (non-hydrogen) atoms. The maximum absolute atomic E-state index is 12.2. The summed E-state index contributed by atoms with van der Waals surface area (Å²) in [6.45, 7) is 1.40. The number of hydrogen-bond acceptors (Lipinski definition) is 3. The highest BCUT2D eigenvalue weighted by Gasteiger charge is 2.44. The molecule has 1 aliphatic heterocycles. The van der Waals surface area contributed by atoms with Crippen molar-refractivity contribution in [3.05, 3.63) is 29.8 Å². The van der Waals surface area contributed by atoms with E-state index in [0.717, 1.165) is 17.0 Å². The van der Waals surface area contributed by atoms with Crippen LogP contribution in [0.4, 0.5) is 18.0 Å². The van der Waals surface area contributed by atoms with Gasteiger partial charge in [-0.2, -0.15) is 0 Å². The Hall–Kier alpha value is -2.45. The van der Waals surface area contributed by atoms with Gasteiger partial charge in [-0.25, -0.2) is 4.79 Å². The molecule has 1 saturated heterocycles. The Kier molecular flexibility index (Phi) is 4.63. The second kappa shape index (κ2) is 6.21. The third-order valence-electron chi connectivity index (χ3n) is 4.05. The van der Waals surface area contributed by atoms with Crippen LogP contribution in [0.3, 0.4) is 0 Å². The molecule has 9 heteroatoms. The van der Waals surface area contributed by atoms with Gasteiger partial charge in [0.05, 0.1) is 5.41 Å². The van der Waals surface area contributed by atoms with Gasteiger partial charge in [0.25, 0.3) is 0 Å². The molecule has 132 valence electrons. The lowest BCUT2D eigenvalue weighted by Gasteiger charge is -2.40. The van der Waals surface area contributed by atoms with Gasteiger partial charge in [-0.1, -0.05) is 12.1 Å². The van der Waals surface area contributed by atoms with Gasteiger partial charge in [0.15, 0.2) is 0 Å². The van der Waals surface area contributed by atoms with Gasteiger partial charge < -0.3 is 19.8 Å². The van der Waals surface area contributed by atoms with Crippen molar-refractivity contribution in [3.8, 4) is 5.75 Å². The predicted octanol–water partition coefficient (Wildman–Crippen LogP) is 3.14. The molecular formula is C15H16F3NO5. The fourth-order valence-corrected chi connectivity index (χ4v) is 2.89. The molecule has 2 unspecified atom stereocenters. The first kappa shape index (κ1) is 17.9. The molecule has 1 aliphatic rings. The SMILES string of the molecule is CC1(C(=O)O)CC(c2ccc(OC(F)(F)F)cc2)CN(C(=O)O)C1. The van der Waals surface area contributed by atoms with E-state index in [1.54, 1.807) is 0 Å². The number of nitrogens with zero attached hydrogens (tertiary/aromatic N) is 1. The first-order chi connectivity index (χ1) is 11.0. The number of halogens is 3. The quantitative estimate of drug-likeness (QED) is 0.877. The number of alkyl halides is 3. The van der Waals surface area contributed by atoms with Gasteiger partial charge in [-0.3, -0.25) is 4.79 Å². The van der Waals surface area contributed by atoms with Gasteiger partial charge in [0, 0.05) is 19.0 Å². The Bertz CT molecular complexity index is 631. The van der Waals surface area contributed by atoms with E-state index in [0.29, 0.717) is 5.56 Å². The van der Waals surface area contributed by atoms with Crippen molar-refractivity contribution in [2.45, 2.75) is 25.6 Å². The second-order valence-corrected chi connectivity index (χ2v) is 6.05. The van der Waals surface area contributed by atoms with E-state index >= 15 is 0 Å². The molecule has 1 amide bonds. The van der Waals surface area contributed by atoms with Crippen LogP contribution >= 0.6 is 0 Å². The Morgan fingerprint density at radius 1 is 1.25 bits per heavy atom. The number of ether oxygens (including phenoxy) is 1. The zero-order valence-electron chi connectivity index (χ0n) is 12.7. The molecule has 2 atom stereocenters. The lowest BCUT2D eigenvalue weighted by atomic mass is 9.75. The largest absolute Gasteiger partial charge is 0.573 e. The zero-order valence-corrected chi connectivity index (χ0v) is 12.7. The van der Waals surface area contributed by atoms with E-state index in [4.69, 9.17) is 0 Å². The van der Waals surface area contributed by atoms with E-state index in [1.165, 1.54) is 19.1 Å². The Labute approximate surface area is 135 Å². The minimum atomic E-state index is -4.80. The average molecular weight is 347 g/mol. The van der Waals surface area contributed by atoms with Crippen LogP contribution in [0.1, 0.15) is 24.8 Å². The number of amides is 1. The molecule has 0 spiro atoms. The molecule has 2 rings (SSSR count). The smallest absolute Gasteiger partial charge is 0.481 e. The predicted molar refractivity (Wildman–Crippen MR) is 75.8 cm³/mol. The van der Waals surface area contributed by atoms with Crippen LogP contribution in [-0.2, 0) is 4.79 Å². The molecule has 0 saturated carbocycles. The highest BCUT2D eigenvalue weighted by molar-refractivity contribution is 5.76. The Morgan fingerprint density at radius 3 is 2.29 bits per heavy atom. The minimum absolute atomic E-state index is 0.0810. The fourth-order valence-electron chi connectivity index (χ4n) is 2.89.